The highest BCUT2D eigenvalue weighted by Crippen LogP contribution is 2.21. The Morgan fingerprint density at radius 1 is 1.26 bits per heavy atom. The molecular weight excluding hydrogens is 300 g/mol. The predicted octanol–water partition coefficient (Wildman–Crippen LogP) is 4.03. The van der Waals surface area contributed by atoms with Gasteiger partial charge in [0.15, 0.2) is 0 Å². The lowest BCUT2D eigenvalue weighted by atomic mass is 10.0. The Balaban J connectivity index is 2.66. The van der Waals surface area contributed by atoms with Gasteiger partial charge < -0.3 is 5.32 Å². The molecule has 1 aromatic rings. The first kappa shape index (κ1) is 16.7. The van der Waals surface area contributed by atoms with Crippen LogP contribution in [0.2, 0.25) is 0 Å². The van der Waals surface area contributed by atoms with Crippen molar-refractivity contribution in [2.45, 2.75) is 46.3 Å². The lowest BCUT2D eigenvalue weighted by Gasteiger charge is -2.26. The molecule has 1 aromatic carbocycles. The number of nitrogens with zero attached hydrogens (tertiary/aromatic N) is 1. The molecule has 1 N–H and O–H groups in total. The summed E-state index contributed by atoms with van der Waals surface area (Å²) in [5, 5.41) is 3.18. The maximum Gasteiger partial charge on any atom is 0.0244 e. The zero-order valence-electron chi connectivity index (χ0n) is 12.8. The molecule has 0 aliphatic heterocycles. The molecule has 0 radical (unpaired) electrons. The van der Waals surface area contributed by atoms with E-state index in [4.69, 9.17) is 0 Å². The highest BCUT2D eigenvalue weighted by Gasteiger charge is 2.12. The van der Waals surface area contributed by atoms with E-state index in [-0.39, 0.29) is 0 Å². The summed E-state index contributed by atoms with van der Waals surface area (Å²) in [6, 6.07) is 7.27. The van der Waals surface area contributed by atoms with Crippen LogP contribution in [0.1, 0.15) is 38.3 Å². The summed E-state index contributed by atoms with van der Waals surface area (Å²) in [4.78, 5) is 2.43. The number of benzene rings is 1. The van der Waals surface area contributed by atoms with Crippen LogP contribution in [-0.2, 0) is 13.1 Å². The fraction of sp³-hybridized carbons (Fsp3) is 0.625. The number of nitrogens with one attached hydrogen (secondary N) is 1. The maximum absolute atomic E-state index is 3.69. The van der Waals surface area contributed by atoms with Crippen molar-refractivity contribution in [1.29, 1.82) is 0 Å². The second-order valence-corrected chi connectivity index (χ2v) is 6.70. The quantitative estimate of drug-likeness (QED) is 0.813. The monoisotopic (exact) mass is 326 g/mol. The summed E-state index contributed by atoms with van der Waals surface area (Å²) >= 11 is 3.69. The lowest BCUT2D eigenvalue weighted by molar-refractivity contribution is 0.220. The molecule has 0 saturated carbocycles. The lowest BCUT2D eigenvalue weighted by Crippen LogP contribution is -2.29. The molecule has 3 heteroatoms. The smallest absolute Gasteiger partial charge is 0.0244 e. The van der Waals surface area contributed by atoms with Crippen molar-refractivity contribution >= 4 is 15.9 Å². The van der Waals surface area contributed by atoms with Crippen LogP contribution in [0.3, 0.4) is 0 Å². The zero-order valence-corrected chi connectivity index (χ0v) is 14.4. The summed E-state index contributed by atoms with van der Waals surface area (Å²) in [6.07, 6.45) is 1.24. The van der Waals surface area contributed by atoms with Gasteiger partial charge in [0, 0.05) is 23.6 Å². The summed E-state index contributed by atoms with van der Waals surface area (Å²) in [5.41, 5.74) is 2.67. The van der Waals surface area contributed by atoms with Crippen LogP contribution in [0, 0.1) is 5.92 Å². The molecule has 0 aromatic heterocycles. The van der Waals surface area contributed by atoms with E-state index in [0.29, 0.717) is 6.04 Å². The van der Waals surface area contributed by atoms with E-state index in [9.17, 15) is 0 Å². The molecule has 0 saturated heterocycles. The first-order chi connectivity index (χ1) is 8.93. The molecule has 2 nitrogen and oxygen atoms in total. The van der Waals surface area contributed by atoms with E-state index in [1.807, 2.05) is 7.05 Å². The first-order valence-electron chi connectivity index (χ1n) is 7.06. The normalized spacial score (nSPS) is 13.3. The van der Waals surface area contributed by atoms with Crippen molar-refractivity contribution in [3.8, 4) is 0 Å². The van der Waals surface area contributed by atoms with Gasteiger partial charge >= 0.3 is 0 Å². The summed E-state index contributed by atoms with van der Waals surface area (Å²) < 4.78 is 1.21. The molecule has 1 atom stereocenters. The third-order valence-corrected chi connectivity index (χ3v) is 4.22. The number of hydrogen-bond acceptors (Lipinski definition) is 2. The van der Waals surface area contributed by atoms with Gasteiger partial charge in [0.25, 0.3) is 0 Å². The van der Waals surface area contributed by atoms with Crippen molar-refractivity contribution in [3.05, 3.63) is 33.8 Å². The average Bonchev–Trinajstić information content (AvgIpc) is 2.32. The summed E-state index contributed by atoms with van der Waals surface area (Å²) in [6.45, 7) is 8.79. The van der Waals surface area contributed by atoms with E-state index in [0.717, 1.165) is 19.0 Å². The Bertz CT molecular complexity index is 390. The summed E-state index contributed by atoms with van der Waals surface area (Å²) in [5.74, 6) is 0.749. The fourth-order valence-corrected chi connectivity index (χ4v) is 2.87. The minimum atomic E-state index is 0.615. The molecule has 0 aliphatic carbocycles. The Kier molecular flexibility index (Phi) is 7.05. The Hall–Kier alpha value is -0.380. The number of hydrogen-bond donors (Lipinski definition) is 1. The molecule has 0 amide bonds. The first-order valence-corrected chi connectivity index (χ1v) is 7.85. The molecule has 108 valence electrons. The van der Waals surface area contributed by atoms with E-state index >= 15 is 0 Å². The largest absolute Gasteiger partial charge is 0.316 e. The predicted molar refractivity (Wildman–Crippen MR) is 87.3 cm³/mol. The molecule has 0 bridgehead atoms. The Morgan fingerprint density at radius 3 is 2.47 bits per heavy atom. The number of halogens is 1. The van der Waals surface area contributed by atoms with Crippen molar-refractivity contribution in [1.82, 2.24) is 10.2 Å². The van der Waals surface area contributed by atoms with Crippen LogP contribution in [0.15, 0.2) is 22.7 Å². The van der Waals surface area contributed by atoms with Crippen LogP contribution in [0.5, 0.6) is 0 Å². The van der Waals surface area contributed by atoms with E-state index in [1.54, 1.807) is 0 Å². The van der Waals surface area contributed by atoms with Crippen LogP contribution < -0.4 is 5.32 Å². The topological polar surface area (TPSA) is 15.3 Å². The average molecular weight is 327 g/mol. The third-order valence-electron chi connectivity index (χ3n) is 3.48. The van der Waals surface area contributed by atoms with Gasteiger partial charge in [-0.15, -0.1) is 0 Å². The van der Waals surface area contributed by atoms with Crippen LogP contribution in [-0.4, -0.2) is 25.0 Å². The van der Waals surface area contributed by atoms with E-state index in [2.05, 4.69) is 72.2 Å². The Morgan fingerprint density at radius 2 is 1.95 bits per heavy atom. The van der Waals surface area contributed by atoms with Gasteiger partial charge in [-0.25, -0.2) is 0 Å². The van der Waals surface area contributed by atoms with Gasteiger partial charge in [0.2, 0.25) is 0 Å². The van der Waals surface area contributed by atoms with Gasteiger partial charge in [-0.2, -0.15) is 0 Å². The van der Waals surface area contributed by atoms with Crippen LogP contribution >= 0.6 is 15.9 Å². The molecule has 0 spiro atoms. The molecule has 0 heterocycles. The molecule has 19 heavy (non-hydrogen) atoms. The van der Waals surface area contributed by atoms with Crippen molar-refractivity contribution in [2.24, 2.45) is 5.92 Å². The molecule has 0 aliphatic rings. The zero-order chi connectivity index (χ0) is 14.4. The van der Waals surface area contributed by atoms with Crippen LogP contribution in [0.25, 0.3) is 0 Å². The molecular formula is C16H27BrN2. The number of rotatable bonds is 7. The second kappa shape index (κ2) is 8.03. The van der Waals surface area contributed by atoms with Gasteiger partial charge in [0.1, 0.15) is 0 Å². The molecule has 1 unspecified atom stereocenters. The minimum Gasteiger partial charge on any atom is -0.316 e. The van der Waals surface area contributed by atoms with E-state index in [1.165, 1.54) is 22.0 Å². The highest BCUT2D eigenvalue weighted by atomic mass is 79.9. The standard InChI is InChI=1S/C16H27BrN2/c1-12(2)8-13(3)19(5)11-15-7-6-14(10-18-4)9-16(15)17/h6-7,9,12-13,18H,8,10-11H2,1-5H3. The fourth-order valence-electron chi connectivity index (χ4n) is 2.32. The summed E-state index contributed by atoms with van der Waals surface area (Å²) in [7, 11) is 4.18. The second-order valence-electron chi connectivity index (χ2n) is 5.85. The maximum atomic E-state index is 3.69. The molecule has 0 fully saturated rings. The molecule has 1 rings (SSSR count). The van der Waals surface area contributed by atoms with E-state index < -0.39 is 0 Å². The van der Waals surface area contributed by atoms with Gasteiger partial charge in [-0.3, -0.25) is 4.90 Å². The van der Waals surface area contributed by atoms with Crippen molar-refractivity contribution < 1.29 is 0 Å². The SMILES string of the molecule is CNCc1ccc(CN(C)C(C)CC(C)C)c(Br)c1. The van der Waals surface area contributed by atoms with Gasteiger partial charge in [-0.1, -0.05) is 41.9 Å². The minimum absolute atomic E-state index is 0.615. The van der Waals surface area contributed by atoms with Crippen molar-refractivity contribution in [3.63, 3.8) is 0 Å². The Labute approximate surface area is 126 Å². The van der Waals surface area contributed by atoms with Gasteiger partial charge in [0.05, 0.1) is 0 Å². The third kappa shape index (κ3) is 5.64. The van der Waals surface area contributed by atoms with Crippen molar-refractivity contribution in [2.75, 3.05) is 14.1 Å². The highest BCUT2D eigenvalue weighted by molar-refractivity contribution is 9.10. The van der Waals surface area contributed by atoms with Gasteiger partial charge in [-0.05, 0) is 50.6 Å². The van der Waals surface area contributed by atoms with Crippen LogP contribution in [0.4, 0.5) is 0 Å².